The Morgan fingerprint density at radius 1 is 0.449 bits per heavy atom. The summed E-state index contributed by atoms with van der Waals surface area (Å²) in [6.45, 7) is 0. The lowest BCUT2D eigenvalue weighted by Crippen LogP contribution is -2.32. The van der Waals surface area contributed by atoms with E-state index in [2.05, 4.69) is 138 Å². The number of ether oxygens (including phenoxy) is 1. The van der Waals surface area contributed by atoms with Crippen molar-refractivity contribution in [2.24, 2.45) is 0 Å². The summed E-state index contributed by atoms with van der Waals surface area (Å²) in [5, 5.41) is 2.37. The van der Waals surface area contributed by atoms with Gasteiger partial charge in [-0.05, 0) is 64.7 Å². The van der Waals surface area contributed by atoms with Crippen LogP contribution in [0.3, 0.4) is 0 Å². The molecule has 1 aliphatic carbocycles. The van der Waals surface area contributed by atoms with Crippen LogP contribution in [-0.2, 0) is 5.41 Å². The van der Waals surface area contributed by atoms with Crippen molar-refractivity contribution in [2.45, 2.75) is 5.41 Å². The van der Waals surface area contributed by atoms with Crippen molar-refractivity contribution in [3.05, 3.63) is 186 Å². The van der Waals surface area contributed by atoms with E-state index in [4.69, 9.17) is 14.7 Å². The fourth-order valence-electron chi connectivity index (χ4n) is 8.48. The maximum atomic E-state index is 6.60. The van der Waals surface area contributed by atoms with Crippen LogP contribution in [0.15, 0.2) is 164 Å². The van der Waals surface area contributed by atoms with Gasteiger partial charge < -0.3 is 4.74 Å². The van der Waals surface area contributed by atoms with E-state index < -0.39 is 5.41 Å². The van der Waals surface area contributed by atoms with Gasteiger partial charge in [-0.25, -0.2) is 9.97 Å². The molecule has 0 radical (unpaired) electrons. The van der Waals surface area contributed by atoms with Crippen molar-refractivity contribution in [2.75, 3.05) is 0 Å². The monoisotopic (exact) mass is 625 g/mol. The molecular formula is C45H27N3O. The maximum Gasteiger partial charge on any atom is 0.165 e. The molecule has 2 aromatic heterocycles. The normalized spacial score (nSPS) is 13.6. The van der Waals surface area contributed by atoms with Crippen LogP contribution in [0, 0.1) is 0 Å². The Kier molecular flexibility index (Phi) is 5.28. The molecule has 228 valence electrons. The summed E-state index contributed by atoms with van der Waals surface area (Å²) < 4.78 is 8.94. The average molecular weight is 626 g/mol. The van der Waals surface area contributed by atoms with Crippen molar-refractivity contribution in [3.8, 4) is 39.7 Å². The zero-order chi connectivity index (χ0) is 32.1. The number of hydrogen-bond donors (Lipinski definition) is 0. The van der Waals surface area contributed by atoms with E-state index in [1.54, 1.807) is 0 Å². The molecule has 0 N–H and O–H groups in total. The molecule has 7 aromatic carbocycles. The van der Waals surface area contributed by atoms with Crippen LogP contribution in [0.2, 0.25) is 0 Å². The van der Waals surface area contributed by atoms with Gasteiger partial charge in [0.1, 0.15) is 17.2 Å². The van der Waals surface area contributed by atoms with Crippen molar-refractivity contribution >= 4 is 32.8 Å². The van der Waals surface area contributed by atoms with E-state index in [0.717, 1.165) is 61.8 Å². The molecule has 49 heavy (non-hydrogen) atoms. The van der Waals surface area contributed by atoms with Gasteiger partial charge >= 0.3 is 0 Å². The highest BCUT2D eigenvalue weighted by atomic mass is 16.5. The fraction of sp³-hybridized carbons (Fsp3) is 0.0222. The van der Waals surface area contributed by atoms with E-state index in [-0.39, 0.29) is 0 Å². The number of rotatable bonds is 2. The first kappa shape index (κ1) is 26.5. The van der Waals surface area contributed by atoms with Crippen molar-refractivity contribution < 1.29 is 4.74 Å². The van der Waals surface area contributed by atoms with Crippen molar-refractivity contribution in [3.63, 3.8) is 0 Å². The van der Waals surface area contributed by atoms with Gasteiger partial charge in [0.25, 0.3) is 0 Å². The Hall–Kier alpha value is -6.52. The molecule has 0 saturated heterocycles. The number of fused-ring (bicyclic) bond motifs is 13. The third kappa shape index (κ3) is 3.47. The van der Waals surface area contributed by atoms with E-state index in [1.807, 2.05) is 30.3 Å². The molecular weight excluding hydrogens is 599 g/mol. The van der Waals surface area contributed by atoms with E-state index in [0.29, 0.717) is 0 Å². The molecule has 1 aliphatic heterocycles. The standard InChI is InChI=1S/C45H27N3O/c1-2-14-28(15-3-1)43-44(47-38-22-10-9-21-37(38)46-43)48-39-23-11-5-17-30(39)32-26-31-29-16-4-6-18-33(29)45(36(31)27-40(32)48)34-19-7-12-24-41(34)49-42-25-13-8-20-35(42)45/h1-27H. The molecule has 0 fully saturated rings. The minimum atomic E-state index is -0.565. The van der Waals surface area contributed by atoms with Crippen LogP contribution >= 0.6 is 0 Å². The van der Waals surface area contributed by atoms with Crippen molar-refractivity contribution in [1.29, 1.82) is 0 Å². The van der Waals surface area contributed by atoms with Crippen LogP contribution in [0.25, 0.3) is 61.0 Å². The van der Waals surface area contributed by atoms with Crippen LogP contribution in [0.5, 0.6) is 11.5 Å². The van der Waals surface area contributed by atoms with Gasteiger partial charge in [-0.3, -0.25) is 4.57 Å². The third-order valence-corrected chi connectivity index (χ3v) is 10.5. The molecule has 0 saturated carbocycles. The Bertz CT molecular complexity index is 2770. The quantitative estimate of drug-likeness (QED) is 0.192. The molecule has 2 aliphatic rings. The predicted octanol–water partition coefficient (Wildman–Crippen LogP) is 10.9. The zero-order valence-corrected chi connectivity index (χ0v) is 26.3. The molecule has 9 aromatic rings. The predicted molar refractivity (Wildman–Crippen MR) is 197 cm³/mol. The van der Waals surface area contributed by atoms with Crippen LogP contribution < -0.4 is 4.74 Å². The summed E-state index contributed by atoms with van der Waals surface area (Å²) in [4.78, 5) is 10.6. The smallest absolute Gasteiger partial charge is 0.165 e. The minimum Gasteiger partial charge on any atom is -0.457 e. The largest absolute Gasteiger partial charge is 0.457 e. The van der Waals surface area contributed by atoms with Gasteiger partial charge in [0.05, 0.1) is 27.5 Å². The summed E-state index contributed by atoms with van der Waals surface area (Å²) in [5.74, 6) is 2.58. The fourth-order valence-corrected chi connectivity index (χ4v) is 8.48. The van der Waals surface area contributed by atoms with Gasteiger partial charge in [-0.15, -0.1) is 0 Å². The minimum absolute atomic E-state index is 0.565. The van der Waals surface area contributed by atoms with E-state index in [1.165, 1.54) is 33.0 Å². The lowest BCUT2D eigenvalue weighted by molar-refractivity contribution is 0.436. The Morgan fingerprint density at radius 2 is 1.06 bits per heavy atom. The molecule has 3 heterocycles. The highest BCUT2D eigenvalue weighted by Gasteiger charge is 2.51. The molecule has 11 rings (SSSR count). The highest BCUT2D eigenvalue weighted by Crippen LogP contribution is 2.62. The lowest BCUT2D eigenvalue weighted by atomic mass is 9.66. The molecule has 1 spiro atoms. The van der Waals surface area contributed by atoms with Crippen LogP contribution in [-0.4, -0.2) is 14.5 Å². The number of benzene rings is 7. The number of hydrogen-bond acceptors (Lipinski definition) is 3. The van der Waals surface area contributed by atoms with E-state index >= 15 is 0 Å². The van der Waals surface area contributed by atoms with Gasteiger partial charge in [0.2, 0.25) is 0 Å². The molecule has 0 bridgehead atoms. The van der Waals surface area contributed by atoms with Gasteiger partial charge in [0, 0.05) is 27.5 Å². The third-order valence-electron chi connectivity index (χ3n) is 10.5. The summed E-state index contributed by atoms with van der Waals surface area (Å²) >= 11 is 0. The first-order chi connectivity index (χ1) is 24.3. The Labute approximate surface area is 282 Å². The summed E-state index contributed by atoms with van der Waals surface area (Å²) in [7, 11) is 0. The maximum absolute atomic E-state index is 6.60. The highest BCUT2D eigenvalue weighted by molar-refractivity contribution is 6.12. The second kappa shape index (κ2) is 9.75. The zero-order valence-electron chi connectivity index (χ0n) is 26.3. The first-order valence-corrected chi connectivity index (χ1v) is 16.7. The molecule has 4 heteroatoms. The van der Waals surface area contributed by atoms with Gasteiger partial charge in [-0.2, -0.15) is 0 Å². The second-order valence-corrected chi connectivity index (χ2v) is 12.9. The van der Waals surface area contributed by atoms with Crippen molar-refractivity contribution in [1.82, 2.24) is 14.5 Å². The summed E-state index contributed by atoms with van der Waals surface area (Å²) in [6.07, 6.45) is 0. The first-order valence-electron chi connectivity index (χ1n) is 16.7. The molecule has 4 nitrogen and oxygen atoms in total. The van der Waals surface area contributed by atoms with Crippen LogP contribution in [0.4, 0.5) is 0 Å². The molecule has 0 amide bonds. The van der Waals surface area contributed by atoms with Gasteiger partial charge in [0.15, 0.2) is 5.82 Å². The topological polar surface area (TPSA) is 39.9 Å². The lowest BCUT2D eigenvalue weighted by Gasteiger charge is -2.39. The molecule has 0 unspecified atom stereocenters. The number of aromatic nitrogens is 3. The number of nitrogens with zero attached hydrogens (tertiary/aromatic N) is 3. The van der Waals surface area contributed by atoms with Gasteiger partial charge in [-0.1, -0.05) is 121 Å². The Balaban J connectivity index is 1.32. The van der Waals surface area contributed by atoms with Crippen LogP contribution in [0.1, 0.15) is 22.3 Å². The number of para-hydroxylation sites is 5. The average Bonchev–Trinajstić information content (AvgIpc) is 3.64. The van der Waals surface area contributed by atoms with E-state index in [9.17, 15) is 0 Å². The summed E-state index contributed by atoms with van der Waals surface area (Å²) in [6, 6.07) is 58.0. The SMILES string of the molecule is c1ccc(-c2nc3ccccc3nc2-n2c3ccccc3c3cc4c(cc32)C2(c3ccccc3Oc3ccccc32)c2ccccc2-4)cc1. The Morgan fingerprint density at radius 3 is 1.84 bits per heavy atom. The molecule has 0 atom stereocenters. The second-order valence-electron chi connectivity index (χ2n) is 12.9. The summed E-state index contributed by atoms with van der Waals surface area (Å²) in [5.41, 5.74) is 12.5.